The van der Waals surface area contributed by atoms with E-state index in [1.807, 2.05) is 24.9 Å². The number of H-pyrrole nitrogens is 1. The minimum absolute atomic E-state index is 0.0723. The molecular weight excluding hydrogens is 256 g/mol. The predicted molar refractivity (Wildman–Crippen MR) is 72.5 cm³/mol. The molecule has 3 heterocycles. The molecule has 0 unspecified atom stereocenters. The zero-order valence-electron chi connectivity index (χ0n) is 11.7. The maximum Gasteiger partial charge on any atom is 0.292 e. The van der Waals surface area contributed by atoms with Crippen molar-refractivity contribution in [1.82, 2.24) is 20.3 Å². The standard InChI is InChI=1S/C14H18N4O2/c1-3-11-6-12(20-17-11)14(19)18-5-4-10(8-18)13-9(2)7-15-16-13/h6-7,10H,3-5,8H2,1-2H3,(H,15,16)/t10-/m1/s1. The molecule has 0 aliphatic carbocycles. The van der Waals surface area contributed by atoms with E-state index in [9.17, 15) is 4.79 Å². The Balaban J connectivity index is 1.71. The Morgan fingerprint density at radius 3 is 3.10 bits per heavy atom. The molecule has 1 N–H and O–H groups in total. The highest BCUT2D eigenvalue weighted by Crippen LogP contribution is 2.28. The minimum Gasteiger partial charge on any atom is -0.351 e. The van der Waals surface area contributed by atoms with Crippen molar-refractivity contribution < 1.29 is 9.32 Å². The van der Waals surface area contributed by atoms with Crippen LogP contribution in [0.4, 0.5) is 0 Å². The zero-order valence-corrected chi connectivity index (χ0v) is 11.7. The van der Waals surface area contributed by atoms with Gasteiger partial charge in [-0.05, 0) is 25.3 Å². The lowest BCUT2D eigenvalue weighted by atomic mass is 10.0. The Kier molecular flexibility index (Phi) is 3.30. The third-order valence-corrected chi connectivity index (χ3v) is 3.88. The maximum absolute atomic E-state index is 12.3. The van der Waals surface area contributed by atoms with Crippen LogP contribution >= 0.6 is 0 Å². The summed E-state index contributed by atoms with van der Waals surface area (Å²) in [5.74, 6) is 0.593. The Bertz CT molecular complexity index is 616. The first-order valence-corrected chi connectivity index (χ1v) is 6.93. The van der Waals surface area contributed by atoms with Crippen molar-refractivity contribution in [3.63, 3.8) is 0 Å². The summed E-state index contributed by atoms with van der Waals surface area (Å²) in [5, 5.41) is 11.0. The Hall–Kier alpha value is -2.11. The molecule has 0 aromatic carbocycles. The summed E-state index contributed by atoms with van der Waals surface area (Å²) in [7, 11) is 0. The molecule has 0 bridgehead atoms. The fourth-order valence-electron chi connectivity index (χ4n) is 2.69. The topological polar surface area (TPSA) is 75.0 Å². The second-order valence-corrected chi connectivity index (χ2v) is 5.24. The molecule has 1 aliphatic rings. The summed E-state index contributed by atoms with van der Waals surface area (Å²) in [6.45, 7) is 5.46. The summed E-state index contributed by atoms with van der Waals surface area (Å²) >= 11 is 0. The first-order chi connectivity index (χ1) is 9.69. The van der Waals surface area contributed by atoms with E-state index >= 15 is 0 Å². The van der Waals surface area contributed by atoms with Crippen molar-refractivity contribution >= 4 is 5.91 Å². The van der Waals surface area contributed by atoms with Gasteiger partial charge in [0.1, 0.15) is 0 Å². The molecule has 6 nitrogen and oxygen atoms in total. The number of carbonyl (C=O) groups is 1. The number of nitrogens with zero attached hydrogens (tertiary/aromatic N) is 3. The third-order valence-electron chi connectivity index (χ3n) is 3.88. The van der Waals surface area contributed by atoms with Crippen LogP contribution in [0.1, 0.15) is 46.8 Å². The van der Waals surface area contributed by atoms with Gasteiger partial charge < -0.3 is 9.42 Å². The van der Waals surface area contributed by atoms with E-state index in [-0.39, 0.29) is 5.91 Å². The van der Waals surface area contributed by atoms with Crippen LogP contribution in [0, 0.1) is 6.92 Å². The van der Waals surface area contributed by atoms with E-state index in [1.54, 1.807) is 6.07 Å². The molecule has 20 heavy (non-hydrogen) atoms. The molecule has 1 saturated heterocycles. The fraction of sp³-hybridized carbons (Fsp3) is 0.500. The molecule has 106 valence electrons. The smallest absolute Gasteiger partial charge is 0.292 e. The van der Waals surface area contributed by atoms with Crippen LogP contribution in [-0.4, -0.2) is 39.3 Å². The average Bonchev–Trinajstić information content (AvgIpc) is 3.17. The van der Waals surface area contributed by atoms with Crippen molar-refractivity contribution in [3.05, 3.63) is 35.0 Å². The molecule has 2 aromatic heterocycles. The number of amides is 1. The van der Waals surface area contributed by atoms with Crippen molar-refractivity contribution in [3.8, 4) is 0 Å². The SMILES string of the molecule is CCc1cc(C(=O)N2CC[C@@H](c3[nH]ncc3C)C2)on1. The molecular formula is C14H18N4O2. The number of likely N-dealkylation sites (tertiary alicyclic amines) is 1. The minimum atomic E-state index is -0.0723. The largest absolute Gasteiger partial charge is 0.351 e. The number of aromatic amines is 1. The van der Waals surface area contributed by atoms with Crippen molar-refractivity contribution in [1.29, 1.82) is 0 Å². The van der Waals surface area contributed by atoms with Gasteiger partial charge in [-0.25, -0.2) is 0 Å². The van der Waals surface area contributed by atoms with Gasteiger partial charge >= 0.3 is 0 Å². The van der Waals surface area contributed by atoms with Crippen molar-refractivity contribution in [2.75, 3.05) is 13.1 Å². The zero-order chi connectivity index (χ0) is 14.1. The quantitative estimate of drug-likeness (QED) is 0.927. The molecule has 2 aromatic rings. The van der Waals surface area contributed by atoms with Gasteiger partial charge in [0.25, 0.3) is 5.91 Å². The van der Waals surface area contributed by atoms with E-state index in [0.717, 1.165) is 36.3 Å². The molecule has 0 radical (unpaired) electrons. The first-order valence-electron chi connectivity index (χ1n) is 6.93. The highest BCUT2D eigenvalue weighted by molar-refractivity contribution is 5.91. The Labute approximate surface area is 117 Å². The number of rotatable bonds is 3. The fourth-order valence-corrected chi connectivity index (χ4v) is 2.69. The van der Waals surface area contributed by atoms with Crippen LogP contribution in [0.5, 0.6) is 0 Å². The maximum atomic E-state index is 12.3. The van der Waals surface area contributed by atoms with Gasteiger partial charge in [0.2, 0.25) is 5.76 Å². The van der Waals surface area contributed by atoms with E-state index in [0.29, 0.717) is 18.2 Å². The molecule has 6 heteroatoms. The van der Waals surface area contributed by atoms with Gasteiger partial charge in [-0.1, -0.05) is 12.1 Å². The summed E-state index contributed by atoms with van der Waals surface area (Å²) in [6, 6.07) is 1.73. The number of nitrogens with one attached hydrogen (secondary N) is 1. The number of carbonyl (C=O) groups excluding carboxylic acids is 1. The summed E-state index contributed by atoms with van der Waals surface area (Å²) in [5.41, 5.74) is 3.10. The monoisotopic (exact) mass is 274 g/mol. The number of aromatic nitrogens is 3. The Morgan fingerprint density at radius 1 is 1.60 bits per heavy atom. The molecule has 1 fully saturated rings. The van der Waals surface area contributed by atoms with E-state index < -0.39 is 0 Å². The van der Waals surface area contributed by atoms with E-state index in [1.165, 1.54) is 0 Å². The lowest BCUT2D eigenvalue weighted by molar-refractivity contribution is 0.0749. The van der Waals surface area contributed by atoms with Crippen LogP contribution in [0.2, 0.25) is 0 Å². The summed E-state index contributed by atoms with van der Waals surface area (Å²) < 4.78 is 5.12. The molecule has 0 saturated carbocycles. The van der Waals surface area contributed by atoms with Crippen LogP contribution in [-0.2, 0) is 6.42 Å². The third kappa shape index (κ3) is 2.21. The number of hydrogen-bond acceptors (Lipinski definition) is 4. The average molecular weight is 274 g/mol. The number of hydrogen-bond donors (Lipinski definition) is 1. The second-order valence-electron chi connectivity index (χ2n) is 5.24. The van der Waals surface area contributed by atoms with Gasteiger partial charge in [0, 0.05) is 30.8 Å². The Morgan fingerprint density at radius 2 is 2.45 bits per heavy atom. The van der Waals surface area contributed by atoms with E-state index in [2.05, 4.69) is 15.4 Å². The molecule has 0 spiro atoms. The summed E-state index contributed by atoms with van der Waals surface area (Å²) in [4.78, 5) is 14.2. The van der Waals surface area contributed by atoms with Gasteiger partial charge in [0.15, 0.2) is 0 Å². The number of aryl methyl sites for hydroxylation is 2. The molecule has 1 atom stereocenters. The second kappa shape index (κ2) is 5.11. The normalized spacial score (nSPS) is 18.7. The highest BCUT2D eigenvalue weighted by Gasteiger charge is 2.31. The summed E-state index contributed by atoms with van der Waals surface area (Å²) in [6.07, 6.45) is 3.54. The van der Waals surface area contributed by atoms with Gasteiger partial charge in [-0.3, -0.25) is 9.89 Å². The van der Waals surface area contributed by atoms with Gasteiger partial charge in [-0.2, -0.15) is 5.10 Å². The van der Waals surface area contributed by atoms with E-state index in [4.69, 9.17) is 4.52 Å². The van der Waals surface area contributed by atoms with Crippen molar-refractivity contribution in [2.24, 2.45) is 0 Å². The molecule has 1 amide bonds. The van der Waals surface area contributed by atoms with Gasteiger partial charge in [-0.15, -0.1) is 0 Å². The van der Waals surface area contributed by atoms with Crippen LogP contribution in [0.3, 0.4) is 0 Å². The molecule has 1 aliphatic heterocycles. The van der Waals surface area contributed by atoms with Crippen LogP contribution in [0.25, 0.3) is 0 Å². The van der Waals surface area contributed by atoms with Gasteiger partial charge in [0.05, 0.1) is 11.9 Å². The molecule has 3 rings (SSSR count). The van der Waals surface area contributed by atoms with Crippen LogP contribution in [0.15, 0.2) is 16.8 Å². The predicted octanol–water partition coefficient (Wildman–Crippen LogP) is 1.90. The first kappa shape index (κ1) is 12.9. The lowest BCUT2D eigenvalue weighted by Crippen LogP contribution is -2.28. The highest BCUT2D eigenvalue weighted by atomic mass is 16.5. The lowest BCUT2D eigenvalue weighted by Gasteiger charge is -2.14. The van der Waals surface area contributed by atoms with Crippen LogP contribution < -0.4 is 0 Å². The van der Waals surface area contributed by atoms with Crippen molar-refractivity contribution in [2.45, 2.75) is 32.6 Å².